The van der Waals surface area contributed by atoms with Gasteiger partial charge in [0, 0.05) is 25.6 Å². The van der Waals surface area contributed by atoms with E-state index in [2.05, 4.69) is 19.2 Å². The number of hydrogen-bond donors (Lipinski definition) is 1. The van der Waals surface area contributed by atoms with Crippen molar-refractivity contribution in [3.63, 3.8) is 0 Å². The lowest BCUT2D eigenvalue weighted by Gasteiger charge is -2.34. The zero-order chi connectivity index (χ0) is 14.6. The zero-order valence-electron chi connectivity index (χ0n) is 13.0. The van der Waals surface area contributed by atoms with E-state index >= 15 is 0 Å². The van der Waals surface area contributed by atoms with Gasteiger partial charge in [0.05, 0.1) is 23.9 Å². The van der Waals surface area contributed by atoms with E-state index < -0.39 is 0 Å². The Morgan fingerprint density at radius 3 is 2.75 bits per heavy atom. The molecule has 1 heterocycles. The minimum atomic E-state index is -0.255. The largest absolute Gasteiger partial charge is 0.383 e. The minimum Gasteiger partial charge on any atom is -0.383 e. The van der Waals surface area contributed by atoms with E-state index in [-0.39, 0.29) is 11.6 Å². The van der Waals surface area contributed by atoms with Crippen LogP contribution in [0.5, 0.6) is 0 Å². The molecule has 1 aromatic rings. The second-order valence-corrected chi connectivity index (χ2v) is 6.68. The third-order valence-electron chi connectivity index (χ3n) is 4.25. The Kier molecular flexibility index (Phi) is 5.55. The van der Waals surface area contributed by atoms with E-state index in [1.807, 2.05) is 11.3 Å². The van der Waals surface area contributed by atoms with Gasteiger partial charge in [0.2, 0.25) is 0 Å². The molecule has 2 atom stereocenters. The van der Waals surface area contributed by atoms with Crippen LogP contribution < -0.4 is 5.32 Å². The molecule has 5 heteroatoms. The van der Waals surface area contributed by atoms with Crippen molar-refractivity contribution in [2.45, 2.75) is 51.2 Å². The first-order chi connectivity index (χ1) is 9.61. The smallest absolute Gasteiger partial charge is 0.116 e. The van der Waals surface area contributed by atoms with Crippen LogP contribution in [0.25, 0.3) is 0 Å². The molecule has 0 bridgehead atoms. The first kappa shape index (κ1) is 15.9. The van der Waals surface area contributed by atoms with E-state index in [4.69, 9.17) is 14.5 Å². The van der Waals surface area contributed by atoms with Crippen LogP contribution >= 0.6 is 11.3 Å². The summed E-state index contributed by atoms with van der Waals surface area (Å²) in [6.07, 6.45) is 4.93. The van der Waals surface area contributed by atoms with E-state index in [1.165, 1.54) is 29.8 Å². The maximum absolute atomic E-state index is 5.60. The molecular weight excluding hydrogens is 272 g/mol. The predicted octanol–water partition coefficient (Wildman–Crippen LogP) is 2.51. The number of thiazole rings is 1. The first-order valence-electron chi connectivity index (χ1n) is 7.37. The molecule has 20 heavy (non-hydrogen) atoms. The van der Waals surface area contributed by atoms with Gasteiger partial charge in [-0.3, -0.25) is 0 Å². The molecular formula is C15H26N2O2S. The summed E-state index contributed by atoms with van der Waals surface area (Å²) in [4.78, 5) is 6.37. The second-order valence-electron chi connectivity index (χ2n) is 5.60. The lowest BCUT2D eigenvalue weighted by molar-refractivity contribution is 0.0325. The van der Waals surface area contributed by atoms with Gasteiger partial charge >= 0.3 is 0 Å². The third-order valence-corrected chi connectivity index (χ3v) is 5.65. The Bertz CT molecular complexity index is 412. The molecule has 0 aromatic carbocycles. The molecule has 2 unspecified atom stereocenters. The van der Waals surface area contributed by atoms with Crippen LogP contribution in [0.15, 0.2) is 0 Å². The molecule has 0 amide bonds. The van der Waals surface area contributed by atoms with Gasteiger partial charge in [-0.05, 0) is 39.5 Å². The summed E-state index contributed by atoms with van der Waals surface area (Å²) in [5.41, 5.74) is 1.05. The number of aromatic nitrogens is 1. The molecule has 0 saturated heterocycles. The molecule has 4 nitrogen and oxygen atoms in total. The van der Waals surface area contributed by atoms with Crippen LogP contribution in [-0.2, 0) is 27.9 Å². The van der Waals surface area contributed by atoms with Gasteiger partial charge in [-0.15, -0.1) is 11.3 Å². The molecule has 1 aliphatic carbocycles. The maximum Gasteiger partial charge on any atom is 0.116 e. The highest BCUT2D eigenvalue weighted by Gasteiger charge is 2.37. The fourth-order valence-corrected chi connectivity index (χ4v) is 3.97. The fourth-order valence-electron chi connectivity index (χ4n) is 2.62. The number of rotatable bonds is 7. The summed E-state index contributed by atoms with van der Waals surface area (Å²) < 4.78 is 10.7. The average Bonchev–Trinajstić information content (AvgIpc) is 2.91. The Labute approximate surface area is 125 Å². The molecule has 0 aliphatic heterocycles. The van der Waals surface area contributed by atoms with Crippen LogP contribution in [0.3, 0.4) is 0 Å². The topological polar surface area (TPSA) is 43.4 Å². The molecule has 0 spiro atoms. The molecule has 114 valence electrons. The Balaban J connectivity index is 2.23. The normalized spacial score (nSPS) is 19.4. The SMILES string of the molecule is COCCNC(C)(c1nc2c(s1)CCCC2)C(C)OC. The van der Waals surface area contributed by atoms with Crippen LogP contribution in [0.1, 0.15) is 42.3 Å². The zero-order valence-corrected chi connectivity index (χ0v) is 13.8. The van der Waals surface area contributed by atoms with E-state index in [0.29, 0.717) is 6.61 Å². The Morgan fingerprint density at radius 1 is 1.35 bits per heavy atom. The Morgan fingerprint density at radius 2 is 2.10 bits per heavy atom. The van der Waals surface area contributed by atoms with Crippen molar-refractivity contribution in [2.24, 2.45) is 0 Å². The molecule has 0 saturated carbocycles. The lowest BCUT2D eigenvalue weighted by Crippen LogP contribution is -2.50. The van der Waals surface area contributed by atoms with Crippen LogP contribution in [0, 0.1) is 0 Å². The second kappa shape index (κ2) is 6.98. The highest BCUT2D eigenvalue weighted by Crippen LogP contribution is 2.35. The van der Waals surface area contributed by atoms with Crippen molar-refractivity contribution in [2.75, 3.05) is 27.4 Å². The van der Waals surface area contributed by atoms with E-state index in [0.717, 1.165) is 18.0 Å². The van der Waals surface area contributed by atoms with Crippen molar-refractivity contribution >= 4 is 11.3 Å². The van der Waals surface area contributed by atoms with Crippen LogP contribution in [0.4, 0.5) is 0 Å². The molecule has 1 aliphatic rings. The van der Waals surface area contributed by atoms with E-state index in [9.17, 15) is 0 Å². The Hall–Kier alpha value is -0.490. The summed E-state index contributed by atoms with van der Waals surface area (Å²) in [5.74, 6) is 0. The molecule has 0 fully saturated rings. The summed E-state index contributed by atoms with van der Waals surface area (Å²) in [6.45, 7) is 5.77. The highest BCUT2D eigenvalue weighted by molar-refractivity contribution is 7.11. The summed E-state index contributed by atoms with van der Waals surface area (Å²) in [6, 6.07) is 0. The van der Waals surface area contributed by atoms with Crippen molar-refractivity contribution in [3.8, 4) is 0 Å². The van der Waals surface area contributed by atoms with Gasteiger partial charge in [0.1, 0.15) is 5.01 Å². The molecule has 0 radical (unpaired) electrons. The van der Waals surface area contributed by atoms with Crippen molar-refractivity contribution in [1.29, 1.82) is 0 Å². The van der Waals surface area contributed by atoms with Crippen LogP contribution in [0.2, 0.25) is 0 Å². The third kappa shape index (κ3) is 3.22. The number of fused-ring (bicyclic) bond motifs is 1. The minimum absolute atomic E-state index is 0.0620. The van der Waals surface area contributed by atoms with Crippen molar-refractivity contribution in [3.05, 3.63) is 15.6 Å². The monoisotopic (exact) mass is 298 g/mol. The lowest BCUT2D eigenvalue weighted by atomic mass is 9.96. The standard InChI is InChI=1S/C15H26N2O2S/c1-11(19-4)15(2,16-9-10-18-3)14-17-12-7-5-6-8-13(12)20-14/h11,16H,5-10H2,1-4H3. The number of nitrogens with one attached hydrogen (secondary N) is 1. The predicted molar refractivity (Wildman–Crippen MR) is 82.5 cm³/mol. The van der Waals surface area contributed by atoms with Crippen molar-refractivity contribution < 1.29 is 9.47 Å². The first-order valence-corrected chi connectivity index (χ1v) is 8.19. The number of nitrogens with zero attached hydrogens (tertiary/aromatic N) is 1. The van der Waals surface area contributed by atoms with Gasteiger partial charge in [0.25, 0.3) is 0 Å². The quantitative estimate of drug-likeness (QED) is 0.786. The fraction of sp³-hybridized carbons (Fsp3) is 0.800. The van der Waals surface area contributed by atoms with Gasteiger partial charge in [-0.1, -0.05) is 0 Å². The molecule has 1 N–H and O–H groups in total. The van der Waals surface area contributed by atoms with Crippen molar-refractivity contribution in [1.82, 2.24) is 10.3 Å². The summed E-state index contributed by atoms with van der Waals surface area (Å²) in [7, 11) is 3.48. The van der Waals surface area contributed by atoms with Gasteiger partial charge in [-0.25, -0.2) is 4.98 Å². The maximum atomic E-state index is 5.60. The number of methoxy groups -OCH3 is 2. The average molecular weight is 298 g/mol. The number of ether oxygens (including phenoxy) is 2. The number of aryl methyl sites for hydroxylation is 2. The van der Waals surface area contributed by atoms with Gasteiger partial charge < -0.3 is 14.8 Å². The highest BCUT2D eigenvalue weighted by atomic mass is 32.1. The molecule has 2 rings (SSSR count). The molecule has 1 aromatic heterocycles. The van der Waals surface area contributed by atoms with Crippen LogP contribution in [-0.4, -0.2) is 38.5 Å². The van der Waals surface area contributed by atoms with Gasteiger partial charge in [0.15, 0.2) is 0 Å². The summed E-state index contributed by atoms with van der Waals surface area (Å²) in [5, 5.41) is 4.72. The summed E-state index contributed by atoms with van der Waals surface area (Å²) >= 11 is 1.85. The number of hydrogen-bond acceptors (Lipinski definition) is 5. The van der Waals surface area contributed by atoms with Gasteiger partial charge in [-0.2, -0.15) is 0 Å². The van der Waals surface area contributed by atoms with E-state index in [1.54, 1.807) is 14.2 Å².